The minimum Gasteiger partial charge on any atom is -0.347 e. The normalized spacial score (nSPS) is 10.4. The Morgan fingerprint density at radius 3 is 2.79 bits per heavy atom. The van der Waals surface area contributed by atoms with Gasteiger partial charge in [0.05, 0.1) is 5.56 Å². The molecule has 0 atom stereocenters. The second-order valence-electron chi connectivity index (χ2n) is 3.29. The lowest BCUT2D eigenvalue weighted by molar-refractivity contribution is 0.915. The van der Waals surface area contributed by atoms with Crippen molar-refractivity contribution in [3.05, 3.63) is 33.9 Å². The molecule has 0 N–H and O–H groups in total. The predicted molar refractivity (Wildman–Crippen MR) is 60.1 cm³/mol. The summed E-state index contributed by atoms with van der Waals surface area (Å²) >= 11 is 3.41. The quantitative estimate of drug-likeness (QED) is 0.705. The molecule has 0 saturated carbocycles. The van der Waals surface area contributed by atoms with E-state index in [1.165, 1.54) is 0 Å². The van der Waals surface area contributed by atoms with E-state index in [0.717, 1.165) is 26.6 Å². The Kier molecular flexibility index (Phi) is 2.09. The lowest BCUT2D eigenvalue weighted by atomic mass is 10.1. The minimum absolute atomic E-state index is 0.767. The SMILES string of the molecule is Cc1c(C#N)c2cc(Br)ccc2n1C. The van der Waals surface area contributed by atoms with E-state index in [-0.39, 0.29) is 0 Å². The first kappa shape index (κ1) is 9.29. The standard InChI is InChI=1S/C11H9BrN2/c1-7-10(6-13)9-5-8(12)3-4-11(9)14(7)2/h3-5H,1-2H3. The molecule has 3 heteroatoms. The largest absolute Gasteiger partial charge is 0.347 e. The van der Waals surface area contributed by atoms with Crippen LogP contribution in [-0.4, -0.2) is 4.57 Å². The molecule has 0 aliphatic carbocycles. The highest BCUT2D eigenvalue weighted by Gasteiger charge is 2.10. The Labute approximate surface area is 90.9 Å². The number of hydrogen-bond donors (Lipinski definition) is 0. The van der Waals surface area contributed by atoms with Gasteiger partial charge in [0, 0.05) is 28.1 Å². The van der Waals surface area contributed by atoms with Crippen molar-refractivity contribution in [2.75, 3.05) is 0 Å². The molecule has 0 aliphatic heterocycles. The molecular weight excluding hydrogens is 240 g/mol. The summed E-state index contributed by atoms with van der Waals surface area (Å²) in [5, 5.41) is 10.1. The van der Waals surface area contributed by atoms with Gasteiger partial charge in [0.2, 0.25) is 0 Å². The Morgan fingerprint density at radius 2 is 2.14 bits per heavy atom. The Bertz CT molecular complexity index is 546. The molecule has 0 bridgehead atoms. The zero-order valence-corrected chi connectivity index (χ0v) is 9.59. The molecular formula is C11H9BrN2. The van der Waals surface area contributed by atoms with Crippen LogP contribution in [0.5, 0.6) is 0 Å². The molecule has 1 aromatic heterocycles. The third-order valence-corrected chi connectivity index (χ3v) is 3.06. The topological polar surface area (TPSA) is 28.7 Å². The Morgan fingerprint density at radius 1 is 1.43 bits per heavy atom. The molecule has 0 spiro atoms. The van der Waals surface area contributed by atoms with E-state index >= 15 is 0 Å². The van der Waals surface area contributed by atoms with Crippen molar-refractivity contribution in [2.24, 2.45) is 7.05 Å². The van der Waals surface area contributed by atoms with E-state index in [9.17, 15) is 0 Å². The van der Waals surface area contributed by atoms with Crippen molar-refractivity contribution in [1.82, 2.24) is 4.57 Å². The monoisotopic (exact) mass is 248 g/mol. The number of aryl methyl sites for hydroxylation is 1. The molecule has 2 rings (SSSR count). The first-order valence-corrected chi connectivity index (χ1v) is 5.09. The van der Waals surface area contributed by atoms with Crippen LogP contribution in [0.25, 0.3) is 10.9 Å². The second kappa shape index (κ2) is 3.14. The number of aromatic nitrogens is 1. The van der Waals surface area contributed by atoms with Crippen LogP contribution in [0.4, 0.5) is 0 Å². The van der Waals surface area contributed by atoms with E-state index in [2.05, 4.69) is 22.0 Å². The third-order valence-electron chi connectivity index (χ3n) is 2.57. The summed E-state index contributed by atoms with van der Waals surface area (Å²) in [6.07, 6.45) is 0. The van der Waals surface area contributed by atoms with Crippen LogP contribution in [-0.2, 0) is 7.05 Å². The van der Waals surface area contributed by atoms with Gasteiger partial charge in [-0.2, -0.15) is 5.26 Å². The number of hydrogen-bond acceptors (Lipinski definition) is 1. The molecule has 0 amide bonds. The zero-order valence-electron chi connectivity index (χ0n) is 8.00. The van der Waals surface area contributed by atoms with Crippen LogP contribution in [0.2, 0.25) is 0 Å². The van der Waals surface area contributed by atoms with Gasteiger partial charge in [0.1, 0.15) is 6.07 Å². The molecule has 1 heterocycles. The van der Waals surface area contributed by atoms with Gasteiger partial charge in [-0.25, -0.2) is 0 Å². The van der Waals surface area contributed by atoms with Gasteiger partial charge >= 0.3 is 0 Å². The van der Waals surface area contributed by atoms with Crippen molar-refractivity contribution in [3.8, 4) is 6.07 Å². The zero-order chi connectivity index (χ0) is 10.3. The van der Waals surface area contributed by atoms with Crippen LogP contribution < -0.4 is 0 Å². The first-order chi connectivity index (χ1) is 6.65. The van der Waals surface area contributed by atoms with Crippen molar-refractivity contribution >= 4 is 26.8 Å². The fourth-order valence-corrected chi connectivity index (χ4v) is 2.05. The maximum atomic E-state index is 9.04. The smallest absolute Gasteiger partial charge is 0.102 e. The number of halogens is 1. The number of fused-ring (bicyclic) bond motifs is 1. The van der Waals surface area contributed by atoms with Crippen molar-refractivity contribution in [2.45, 2.75) is 6.92 Å². The van der Waals surface area contributed by atoms with Gasteiger partial charge in [0.25, 0.3) is 0 Å². The second-order valence-corrected chi connectivity index (χ2v) is 4.21. The number of benzene rings is 1. The highest BCUT2D eigenvalue weighted by atomic mass is 79.9. The summed E-state index contributed by atoms with van der Waals surface area (Å²) in [6, 6.07) is 8.24. The lowest BCUT2D eigenvalue weighted by Gasteiger charge is -1.97. The maximum Gasteiger partial charge on any atom is 0.102 e. The number of nitriles is 1. The van der Waals surface area contributed by atoms with E-state index in [4.69, 9.17) is 5.26 Å². The lowest BCUT2D eigenvalue weighted by Crippen LogP contribution is -1.89. The third kappa shape index (κ3) is 1.15. The summed E-state index contributed by atoms with van der Waals surface area (Å²) in [4.78, 5) is 0. The highest BCUT2D eigenvalue weighted by molar-refractivity contribution is 9.10. The summed E-state index contributed by atoms with van der Waals surface area (Å²) in [6.45, 7) is 1.96. The summed E-state index contributed by atoms with van der Waals surface area (Å²) in [5.41, 5.74) is 2.88. The van der Waals surface area contributed by atoms with Crippen molar-refractivity contribution in [3.63, 3.8) is 0 Å². The van der Waals surface area contributed by atoms with E-state index in [1.807, 2.05) is 36.7 Å². The predicted octanol–water partition coefficient (Wildman–Crippen LogP) is 3.12. The van der Waals surface area contributed by atoms with Gasteiger partial charge in [-0.3, -0.25) is 0 Å². The fourth-order valence-electron chi connectivity index (χ4n) is 1.69. The molecule has 0 saturated heterocycles. The molecule has 2 nitrogen and oxygen atoms in total. The summed E-state index contributed by atoms with van der Waals surface area (Å²) < 4.78 is 3.05. The summed E-state index contributed by atoms with van der Waals surface area (Å²) in [7, 11) is 1.98. The van der Waals surface area contributed by atoms with Crippen LogP contribution in [0, 0.1) is 18.3 Å². The van der Waals surface area contributed by atoms with Gasteiger partial charge in [-0.15, -0.1) is 0 Å². The molecule has 0 radical (unpaired) electrons. The van der Waals surface area contributed by atoms with Crippen molar-refractivity contribution < 1.29 is 0 Å². The van der Waals surface area contributed by atoms with Crippen LogP contribution in [0.3, 0.4) is 0 Å². The van der Waals surface area contributed by atoms with Gasteiger partial charge in [0.15, 0.2) is 0 Å². The van der Waals surface area contributed by atoms with Gasteiger partial charge in [-0.1, -0.05) is 15.9 Å². The highest BCUT2D eigenvalue weighted by Crippen LogP contribution is 2.26. The van der Waals surface area contributed by atoms with Crippen LogP contribution in [0.15, 0.2) is 22.7 Å². The van der Waals surface area contributed by atoms with Gasteiger partial charge in [-0.05, 0) is 25.1 Å². The molecule has 0 unspecified atom stereocenters. The fraction of sp³-hybridized carbons (Fsp3) is 0.182. The van der Waals surface area contributed by atoms with E-state index < -0.39 is 0 Å². The maximum absolute atomic E-state index is 9.04. The first-order valence-electron chi connectivity index (χ1n) is 4.30. The average molecular weight is 249 g/mol. The van der Waals surface area contributed by atoms with E-state index in [1.54, 1.807) is 0 Å². The Balaban J connectivity index is 2.98. The molecule has 1 aromatic carbocycles. The Hall–Kier alpha value is -1.27. The molecule has 70 valence electrons. The molecule has 0 aliphatic rings. The van der Waals surface area contributed by atoms with Crippen LogP contribution >= 0.6 is 15.9 Å². The van der Waals surface area contributed by atoms with Crippen LogP contribution in [0.1, 0.15) is 11.3 Å². The molecule has 0 fully saturated rings. The molecule has 14 heavy (non-hydrogen) atoms. The summed E-state index contributed by atoms with van der Waals surface area (Å²) in [5.74, 6) is 0. The number of rotatable bonds is 0. The average Bonchev–Trinajstić information content (AvgIpc) is 2.39. The van der Waals surface area contributed by atoms with E-state index in [0.29, 0.717) is 0 Å². The minimum atomic E-state index is 0.767. The number of nitrogens with zero attached hydrogens (tertiary/aromatic N) is 2. The molecule has 2 aromatic rings. The van der Waals surface area contributed by atoms with Crippen molar-refractivity contribution in [1.29, 1.82) is 5.26 Å². The van der Waals surface area contributed by atoms with Gasteiger partial charge < -0.3 is 4.57 Å².